The van der Waals surface area contributed by atoms with Gasteiger partial charge in [0.2, 0.25) is 0 Å². The summed E-state index contributed by atoms with van der Waals surface area (Å²) < 4.78 is 9.21. The zero-order valence-corrected chi connectivity index (χ0v) is 22.2. The van der Waals surface area contributed by atoms with Gasteiger partial charge in [0.1, 0.15) is 22.2 Å². The summed E-state index contributed by atoms with van der Waals surface area (Å²) in [6.45, 7) is 1.82. The molecule has 1 amide bonds. The summed E-state index contributed by atoms with van der Waals surface area (Å²) in [5.41, 5.74) is 0.678. The SMILES string of the molecule is C[C@@H](OC(=O)Nc1c(-c2cc3sc(-c4cnc(C5(C(=O)O)CC5)s4)cc3s2)nnn1C)c1ccccc1. The second kappa shape index (κ2) is 9.05. The van der Waals surface area contributed by atoms with Crippen LogP contribution >= 0.6 is 34.0 Å². The van der Waals surface area contributed by atoms with E-state index in [-0.39, 0.29) is 0 Å². The Bertz CT molecular complexity index is 1600. The Morgan fingerprint density at radius 2 is 1.78 bits per heavy atom. The predicted molar refractivity (Wildman–Crippen MR) is 144 cm³/mol. The fourth-order valence-electron chi connectivity index (χ4n) is 4.07. The maximum atomic E-state index is 12.6. The number of hydrogen-bond acceptors (Lipinski definition) is 9. The molecule has 0 aliphatic heterocycles. The molecule has 0 spiro atoms. The fourth-order valence-corrected chi connectivity index (χ4v) is 7.67. The van der Waals surface area contributed by atoms with Crippen molar-refractivity contribution in [2.75, 3.05) is 5.32 Å². The minimum absolute atomic E-state index is 0.408. The van der Waals surface area contributed by atoms with Gasteiger partial charge >= 0.3 is 12.1 Å². The molecule has 2 N–H and O–H groups in total. The first-order valence-corrected chi connectivity index (χ1v) is 13.9. The van der Waals surface area contributed by atoms with E-state index in [0.717, 1.165) is 29.6 Å². The number of nitrogens with zero attached hydrogens (tertiary/aromatic N) is 4. The zero-order valence-electron chi connectivity index (χ0n) is 19.8. The molecule has 1 aromatic carbocycles. The van der Waals surface area contributed by atoms with E-state index in [0.29, 0.717) is 29.4 Å². The number of ether oxygens (including phenoxy) is 1. The van der Waals surface area contributed by atoms with E-state index >= 15 is 0 Å². The minimum Gasteiger partial charge on any atom is -0.481 e. The van der Waals surface area contributed by atoms with Crippen LogP contribution in [0.1, 0.15) is 36.4 Å². The summed E-state index contributed by atoms with van der Waals surface area (Å²) in [7, 11) is 1.71. The molecule has 0 saturated heterocycles. The first-order valence-electron chi connectivity index (χ1n) is 11.5. The quantitative estimate of drug-likeness (QED) is 0.243. The number of carboxylic acid groups (broad SMARTS) is 1. The monoisotopic (exact) mass is 551 g/mol. The highest BCUT2D eigenvalue weighted by atomic mass is 32.1. The highest BCUT2D eigenvalue weighted by Crippen LogP contribution is 2.51. The second-order valence-corrected chi connectivity index (χ2v) is 12.1. The molecule has 188 valence electrons. The number of hydrogen-bond donors (Lipinski definition) is 2. The number of fused-ring (bicyclic) bond motifs is 1. The maximum absolute atomic E-state index is 12.6. The van der Waals surface area contributed by atoms with Crippen LogP contribution in [0.2, 0.25) is 0 Å². The molecule has 1 fully saturated rings. The van der Waals surface area contributed by atoms with Gasteiger partial charge in [0.15, 0.2) is 5.82 Å². The number of carbonyl (C=O) groups excluding carboxylic acids is 1. The van der Waals surface area contributed by atoms with Crippen LogP contribution in [-0.4, -0.2) is 37.1 Å². The number of thiophene rings is 2. The largest absolute Gasteiger partial charge is 0.481 e. The van der Waals surface area contributed by atoms with Crippen LogP contribution in [0, 0.1) is 0 Å². The first kappa shape index (κ1) is 23.8. The average Bonchev–Trinajstić information content (AvgIpc) is 3.19. The second-order valence-electron chi connectivity index (χ2n) is 8.86. The third-order valence-electron chi connectivity index (χ3n) is 6.36. The summed E-state index contributed by atoms with van der Waals surface area (Å²) in [5, 5.41) is 21.4. The Hall–Kier alpha value is -3.61. The smallest absolute Gasteiger partial charge is 0.413 e. The Morgan fingerprint density at radius 1 is 1.08 bits per heavy atom. The van der Waals surface area contributed by atoms with Gasteiger partial charge in [0.25, 0.3) is 0 Å². The van der Waals surface area contributed by atoms with Crippen LogP contribution in [-0.2, 0) is 22.0 Å². The van der Waals surface area contributed by atoms with Crippen molar-refractivity contribution in [1.82, 2.24) is 20.0 Å². The fraction of sp³-hybridized carbons (Fsp3) is 0.240. The molecule has 6 rings (SSSR count). The van der Waals surface area contributed by atoms with E-state index in [2.05, 4.69) is 26.7 Å². The average molecular weight is 552 g/mol. The van der Waals surface area contributed by atoms with Gasteiger partial charge in [-0.05, 0) is 37.5 Å². The van der Waals surface area contributed by atoms with Crippen molar-refractivity contribution >= 4 is 61.3 Å². The molecule has 1 saturated carbocycles. The van der Waals surface area contributed by atoms with Crippen LogP contribution < -0.4 is 5.32 Å². The number of aliphatic carboxylic acids is 1. The van der Waals surface area contributed by atoms with Crippen LogP contribution in [0.3, 0.4) is 0 Å². The molecule has 0 radical (unpaired) electrons. The van der Waals surface area contributed by atoms with E-state index in [1.807, 2.05) is 43.3 Å². The molecule has 0 bridgehead atoms. The standard InChI is InChI=1S/C25H21N5O4S3/c1-13(14-6-4-3-5-7-14)34-24(33)27-21-20(28-29-30(21)2)18-11-16-15(36-18)10-17(35-16)19-12-26-22(37-19)25(8-9-25)23(31)32/h3-7,10-13H,8-9H2,1-2H3,(H,27,33)(H,31,32)/t13-/m1/s1. The molecule has 4 heterocycles. The van der Waals surface area contributed by atoms with Crippen molar-refractivity contribution in [3.8, 4) is 20.3 Å². The van der Waals surface area contributed by atoms with Crippen molar-refractivity contribution in [2.45, 2.75) is 31.3 Å². The molecule has 1 atom stereocenters. The van der Waals surface area contributed by atoms with Crippen LogP contribution in [0.15, 0.2) is 48.7 Å². The number of aryl methyl sites for hydroxylation is 1. The van der Waals surface area contributed by atoms with Crippen molar-refractivity contribution in [2.24, 2.45) is 7.05 Å². The van der Waals surface area contributed by atoms with Crippen molar-refractivity contribution in [3.05, 3.63) is 59.2 Å². The van der Waals surface area contributed by atoms with Crippen molar-refractivity contribution < 1.29 is 19.4 Å². The number of carbonyl (C=O) groups is 2. The van der Waals surface area contributed by atoms with Crippen LogP contribution in [0.25, 0.3) is 29.7 Å². The van der Waals surface area contributed by atoms with Gasteiger partial charge in [-0.3, -0.25) is 10.1 Å². The van der Waals surface area contributed by atoms with Crippen LogP contribution in [0.4, 0.5) is 10.6 Å². The highest BCUT2D eigenvalue weighted by Gasteiger charge is 2.54. The van der Waals surface area contributed by atoms with Crippen molar-refractivity contribution in [1.29, 1.82) is 0 Å². The van der Waals surface area contributed by atoms with Crippen LogP contribution in [0.5, 0.6) is 0 Å². The number of aromatic nitrogens is 4. The minimum atomic E-state index is -0.794. The van der Waals surface area contributed by atoms with Gasteiger partial charge in [-0.15, -0.1) is 39.1 Å². The lowest BCUT2D eigenvalue weighted by molar-refractivity contribution is -0.140. The number of benzene rings is 1. The van der Waals surface area contributed by atoms with Crippen molar-refractivity contribution in [3.63, 3.8) is 0 Å². The van der Waals surface area contributed by atoms with Gasteiger partial charge in [-0.1, -0.05) is 35.5 Å². The molecular weight excluding hydrogens is 531 g/mol. The van der Waals surface area contributed by atoms with Gasteiger partial charge in [-0.2, -0.15) is 0 Å². The number of rotatable bonds is 7. The molecule has 12 heteroatoms. The number of nitrogens with one attached hydrogen (secondary N) is 1. The normalized spacial score (nSPS) is 15.0. The molecular formula is C25H21N5O4S3. The lowest BCUT2D eigenvalue weighted by Gasteiger charge is -2.14. The summed E-state index contributed by atoms with van der Waals surface area (Å²) in [5.74, 6) is -0.341. The Morgan fingerprint density at radius 3 is 2.49 bits per heavy atom. The van der Waals surface area contributed by atoms with Gasteiger partial charge in [-0.25, -0.2) is 14.5 Å². The topological polar surface area (TPSA) is 119 Å². The Labute approximate surface area is 223 Å². The summed E-state index contributed by atoms with van der Waals surface area (Å²) >= 11 is 4.63. The molecule has 1 aliphatic carbocycles. The van der Waals surface area contributed by atoms with E-state index in [9.17, 15) is 14.7 Å². The molecule has 37 heavy (non-hydrogen) atoms. The number of anilines is 1. The molecule has 1 aliphatic rings. The Balaban J connectivity index is 1.21. The lowest BCUT2D eigenvalue weighted by Crippen LogP contribution is -2.18. The molecule has 4 aromatic heterocycles. The summed E-state index contributed by atoms with van der Waals surface area (Å²) in [6, 6.07) is 13.6. The first-order chi connectivity index (χ1) is 17.8. The Kier molecular flexibility index (Phi) is 5.81. The van der Waals surface area contributed by atoms with Gasteiger partial charge < -0.3 is 9.84 Å². The number of carboxylic acids is 1. The van der Waals surface area contributed by atoms with E-state index in [4.69, 9.17) is 4.74 Å². The third kappa shape index (κ3) is 4.30. The zero-order chi connectivity index (χ0) is 25.7. The molecule has 9 nitrogen and oxygen atoms in total. The summed E-state index contributed by atoms with van der Waals surface area (Å²) in [6.07, 6.45) is 2.07. The highest BCUT2D eigenvalue weighted by molar-refractivity contribution is 7.32. The lowest BCUT2D eigenvalue weighted by atomic mass is 10.1. The maximum Gasteiger partial charge on any atom is 0.413 e. The molecule has 5 aromatic rings. The number of amides is 1. The molecule has 0 unspecified atom stereocenters. The van der Waals surface area contributed by atoms with Gasteiger partial charge in [0, 0.05) is 27.5 Å². The van der Waals surface area contributed by atoms with Gasteiger partial charge in [0.05, 0.1) is 9.75 Å². The predicted octanol–water partition coefficient (Wildman–Crippen LogP) is 6.31. The number of thiazole rings is 1. The van der Waals surface area contributed by atoms with E-state index in [1.165, 1.54) is 16.0 Å². The van der Waals surface area contributed by atoms with E-state index < -0.39 is 23.6 Å². The van der Waals surface area contributed by atoms with E-state index in [1.54, 1.807) is 35.9 Å². The third-order valence-corrected chi connectivity index (χ3v) is 10.1. The summed E-state index contributed by atoms with van der Waals surface area (Å²) in [4.78, 5) is 31.6.